The molecular formula is C22H30FN3O3S. The minimum absolute atomic E-state index is 0.190. The van der Waals surface area contributed by atoms with Gasteiger partial charge in [-0.1, -0.05) is 19.1 Å². The Morgan fingerprint density at radius 1 is 1.03 bits per heavy atom. The zero-order valence-corrected chi connectivity index (χ0v) is 18.2. The molecule has 0 bridgehead atoms. The first-order valence-corrected chi connectivity index (χ1v) is 11.9. The topological polar surface area (TPSA) is 61.9 Å². The molecule has 1 heterocycles. The fourth-order valence-corrected chi connectivity index (χ4v) is 4.52. The molecule has 8 heteroatoms. The molecule has 0 saturated carbocycles. The predicted molar refractivity (Wildman–Crippen MR) is 117 cm³/mol. The van der Waals surface area contributed by atoms with Crippen LogP contribution in [-0.4, -0.2) is 59.2 Å². The summed E-state index contributed by atoms with van der Waals surface area (Å²) in [5, 5.41) is 0. The van der Waals surface area contributed by atoms with E-state index in [2.05, 4.69) is 14.5 Å². The number of ether oxygens (including phenoxy) is 1. The molecular weight excluding hydrogens is 405 g/mol. The van der Waals surface area contributed by atoms with Gasteiger partial charge in [0.25, 0.3) is 0 Å². The largest absolute Gasteiger partial charge is 0.494 e. The Morgan fingerprint density at radius 2 is 1.73 bits per heavy atom. The van der Waals surface area contributed by atoms with Gasteiger partial charge in [-0.05, 0) is 55.8 Å². The Morgan fingerprint density at radius 3 is 2.40 bits per heavy atom. The molecule has 0 spiro atoms. The molecule has 0 radical (unpaired) electrons. The van der Waals surface area contributed by atoms with E-state index in [0.717, 1.165) is 45.6 Å². The summed E-state index contributed by atoms with van der Waals surface area (Å²) < 4.78 is 46.9. The Balaban J connectivity index is 1.39. The molecule has 2 aromatic rings. The van der Waals surface area contributed by atoms with Crippen LogP contribution in [0.15, 0.2) is 53.4 Å². The average molecular weight is 436 g/mol. The van der Waals surface area contributed by atoms with E-state index >= 15 is 0 Å². The third-order valence-corrected chi connectivity index (χ3v) is 6.59. The van der Waals surface area contributed by atoms with Gasteiger partial charge in [0.2, 0.25) is 10.0 Å². The van der Waals surface area contributed by atoms with E-state index in [-0.39, 0.29) is 10.7 Å². The van der Waals surface area contributed by atoms with Crippen molar-refractivity contribution in [1.82, 2.24) is 9.62 Å². The van der Waals surface area contributed by atoms with Crippen LogP contribution in [0.1, 0.15) is 19.8 Å². The summed E-state index contributed by atoms with van der Waals surface area (Å²) in [7, 11) is -3.52. The minimum Gasteiger partial charge on any atom is -0.494 e. The quantitative estimate of drug-likeness (QED) is 0.581. The molecule has 0 amide bonds. The maximum Gasteiger partial charge on any atom is 0.240 e. The van der Waals surface area contributed by atoms with Crippen molar-refractivity contribution in [2.45, 2.75) is 24.7 Å². The minimum atomic E-state index is -3.52. The van der Waals surface area contributed by atoms with Gasteiger partial charge >= 0.3 is 0 Å². The van der Waals surface area contributed by atoms with Crippen molar-refractivity contribution in [1.29, 1.82) is 0 Å². The number of hydrogen-bond acceptors (Lipinski definition) is 5. The van der Waals surface area contributed by atoms with Crippen molar-refractivity contribution in [3.05, 3.63) is 54.3 Å². The van der Waals surface area contributed by atoms with E-state index in [1.807, 2.05) is 19.1 Å². The van der Waals surface area contributed by atoms with Crippen LogP contribution in [0.25, 0.3) is 0 Å². The van der Waals surface area contributed by atoms with Crippen molar-refractivity contribution >= 4 is 15.7 Å². The molecule has 1 aliphatic rings. The zero-order valence-electron chi connectivity index (χ0n) is 17.4. The van der Waals surface area contributed by atoms with Gasteiger partial charge in [-0.2, -0.15) is 0 Å². The average Bonchev–Trinajstić information content (AvgIpc) is 2.76. The number of nitrogens with zero attached hydrogens (tertiary/aromatic N) is 2. The van der Waals surface area contributed by atoms with E-state index in [1.165, 1.54) is 6.07 Å². The van der Waals surface area contributed by atoms with Gasteiger partial charge in [0, 0.05) is 32.7 Å². The maximum atomic E-state index is 13.9. The van der Waals surface area contributed by atoms with Crippen molar-refractivity contribution in [2.75, 3.05) is 50.8 Å². The summed E-state index contributed by atoms with van der Waals surface area (Å²) in [6.45, 7) is 7.00. The second-order valence-corrected chi connectivity index (χ2v) is 9.12. The first-order valence-electron chi connectivity index (χ1n) is 10.4. The number of para-hydroxylation sites is 1. The zero-order chi connectivity index (χ0) is 21.4. The van der Waals surface area contributed by atoms with Gasteiger partial charge in [0.05, 0.1) is 17.2 Å². The summed E-state index contributed by atoms with van der Waals surface area (Å²) in [6, 6.07) is 13.3. The third-order valence-electron chi connectivity index (χ3n) is 5.12. The van der Waals surface area contributed by atoms with E-state index in [0.29, 0.717) is 24.6 Å². The lowest BCUT2D eigenvalue weighted by atomic mass is 10.2. The lowest BCUT2D eigenvalue weighted by Gasteiger charge is -2.36. The summed E-state index contributed by atoms with van der Waals surface area (Å²) >= 11 is 0. The molecule has 3 rings (SSSR count). The smallest absolute Gasteiger partial charge is 0.240 e. The molecule has 1 saturated heterocycles. The number of nitrogens with one attached hydrogen (secondary N) is 1. The Kier molecular flexibility index (Phi) is 8.07. The van der Waals surface area contributed by atoms with Gasteiger partial charge in [-0.15, -0.1) is 0 Å². The molecule has 0 aromatic heterocycles. The number of halogens is 1. The molecule has 1 aliphatic heterocycles. The van der Waals surface area contributed by atoms with Gasteiger partial charge < -0.3 is 9.64 Å². The monoisotopic (exact) mass is 435 g/mol. The lowest BCUT2D eigenvalue weighted by Crippen LogP contribution is -2.47. The summed E-state index contributed by atoms with van der Waals surface area (Å²) in [5.41, 5.74) is 0.649. The van der Waals surface area contributed by atoms with E-state index in [1.54, 1.807) is 30.3 Å². The van der Waals surface area contributed by atoms with Crippen LogP contribution in [-0.2, 0) is 10.0 Å². The van der Waals surface area contributed by atoms with Crippen LogP contribution in [0.5, 0.6) is 5.75 Å². The van der Waals surface area contributed by atoms with Crippen LogP contribution in [0.3, 0.4) is 0 Å². The van der Waals surface area contributed by atoms with Gasteiger partial charge in [-0.3, -0.25) is 4.90 Å². The molecule has 1 N–H and O–H groups in total. The van der Waals surface area contributed by atoms with Crippen LogP contribution in [0.4, 0.5) is 10.1 Å². The molecule has 2 aromatic carbocycles. The maximum absolute atomic E-state index is 13.9. The van der Waals surface area contributed by atoms with Crippen LogP contribution < -0.4 is 14.4 Å². The van der Waals surface area contributed by atoms with Crippen LogP contribution >= 0.6 is 0 Å². The summed E-state index contributed by atoms with van der Waals surface area (Å²) in [6.07, 6.45) is 1.62. The highest BCUT2D eigenvalue weighted by Crippen LogP contribution is 2.20. The highest BCUT2D eigenvalue weighted by molar-refractivity contribution is 7.89. The van der Waals surface area contributed by atoms with Crippen molar-refractivity contribution < 1.29 is 17.5 Å². The van der Waals surface area contributed by atoms with E-state index in [9.17, 15) is 12.8 Å². The number of rotatable bonds is 10. The lowest BCUT2D eigenvalue weighted by molar-refractivity contribution is 0.255. The number of benzene rings is 2. The highest BCUT2D eigenvalue weighted by atomic mass is 32.2. The van der Waals surface area contributed by atoms with Gasteiger partial charge in [0.1, 0.15) is 11.6 Å². The second-order valence-electron chi connectivity index (χ2n) is 7.35. The van der Waals surface area contributed by atoms with Gasteiger partial charge in [-0.25, -0.2) is 17.5 Å². The standard InChI is InChI=1S/C22H30FN3O3S/c1-2-18-29-19-8-10-20(11-9-19)30(27,28)24-12-5-13-25-14-16-26(17-15-25)22-7-4-3-6-21(22)23/h3-4,6-11,24H,2,5,12-18H2,1H3. The first kappa shape index (κ1) is 22.5. The van der Waals surface area contributed by atoms with Crippen LogP contribution in [0, 0.1) is 5.82 Å². The highest BCUT2D eigenvalue weighted by Gasteiger charge is 2.19. The molecule has 6 nitrogen and oxygen atoms in total. The first-order chi connectivity index (χ1) is 14.5. The molecule has 0 unspecified atom stereocenters. The van der Waals surface area contributed by atoms with Crippen molar-refractivity contribution in [3.8, 4) is 5.75 Å². The molecule has 0 atom stereocenters. The fraction of sp³-hybridized carbons (Fsp3) is 0.455. The predicted octanol–water partition coefficient (Wildman–Crippen LogP) is 3.11. The molecule has 1 fully saturated rings. The fourth-order valence-electron chi connectivity index (χ4n) is 3.45. The SMILES string of the molecule is CCCOc1ccc(S(=O)(=O)NCCCN2CCN(c3ccccc3F)CC2)cc1. The molecule has 30 heavy (non-hydrogen) atoms. The number of piperazine rings is 1. The summed E-state index contributed by atoms with van der Waals surface area (Å²) in [4.78, 5) is 4.58. The van der Waals surface area contributed by atoms with E-state index < -0.39 is 10.0 Å². The Bertz CT molecular complexity index is 898. The van der Waals surface area contributed by atoms with Gasteiger partial charge in [0.15, 0.2) is 0 Å². The number of anilines is 1. The summed E-state index contributed by atoms with van der Waals surface area (Å²) in [5.74, 6) is 0.482. The normalized spacial score (nSPS) is 15.3. The van der Waals surface area contributed by atoms with E-state index in [4.69, 9.17) is 4.74 Å². The Hall–Kier alpha value is -2.16. The van der Waals surface area contributed by atoms with Crippen molar-refractivity contribution in [3.63, 3.8) is 0 Å². The van der Waals surface area contributed by atoms with Crippen LogP contribution in [0.2, 0.25) is 0 Å². The number of hydrogen-bond donors (Lipinski definition) is 1. The Labute approximate surface area is 178 Å². The number of sulfonamides is 1. The van der Waals surface area contributed by atoms with Crippen molar-refractivity contribution in [2.24, 2.45) is 0 Å². The second kappa shape index (κ2) is 10.7. The third kappa shape index (κ3) is 6.17. The molecule has 0 aliphatic carbocycles. The molecule has 164 valence electrons.